The van der Waals surface area contributed by atoms with Crippen molar-refractivity contribution in [2.75, 3.05) is 20.0 Å². The Bertz CT molecular complexity index is 1190. The first-order chi connectivity index (χ1) is 17.1. The average molecular weight is 492 g/mol. The van der Waals surface area contributed by atoms with Gasteiger partial charge in [0, 0.05) is 0 Å². The highest BCUT2D eigenvalue weighted by molar-refractivity contribution is 7.99. The van der Waals surface area contributed by atoms with Crippen LogP contribution in [-0.4, -0.2) is 46.2 Å². The van der Waals surface area contributed by atoms with E-state index in [0.29, 0.717) is 29.6 Å². The number of thioether (sulfide) groups is 1. The zero-order valence-corrected chi connectivity index (χ0v) is 20.8. The Balaban J connectivity index is 1.61. The Morgan fingerprint density at radius 2 is 1.77 bits per heavy atom. The van der Waals surface area contributed by atoms with E-state index in [1.165, 1.54) is 11.8 Å². The summed E-state index contributed by atoms with van der Waals surface area (Å²) in [6, 6.07) is 17.6. The van der Waals surface area contributed by atoms with Crippen molar-refractivity contribution < 1.29 is 14.3 Å². The van der Waals surface area contributed by atoms with Crippen molar-refractivity contribution in [1.82, 2.24) is 20.1 Å². The number of aromatic nitrogens is 3. The fraction of sp³-hybridized carbons (Fsp3) is 0.385. The molecule has 1 amide bonds. The van der Waals surface area contributed by atoms with Gasteiger partial charge in [-0.15, -0.1) is 10.2 Å². The molecule has 2 aromatic carbocycles. The summed E-state index contributed by atoms with van der Waals surface area (Å²) in [5.74, 6) is 1.96. The Labute approximate surface area is 209 Å². The molecule has 0 saturated heterocycles. The molecule has 0 unspecified atom stereocenters. The van der Waals surface area contributed by atoms with Crippen LogP contribution in [0.15, 0.2) is 53.7 Å². The summed E-state index contributed by atoms with van der Waals surface area (Å²) in [6.07, 6.45) is 5.50. The number of rotatable bonds is 8. The highest BCUT2D eigenvalue weighted by Crippen LogP contribution is 2.34. The predicted molar refractivity (Wildman–Crippen MR) is 135 cm³/mol. The van der Waals surface area contributed by atoms with Crippen LogP contribution in [-0.2, 0) is 4.79 Å². The monoisotopic (exact) mass is 491 g/mol. The minimum Gasteiger partial charge on any atom is -0.497 e. The van der Waals surface area contributed by atoms with E-state index in [2.05, 4.69) is 21.6 Å². The van der Waals surface area contributed by atoms with Crippen molar-refractivity contribution in [3.63, 3.8) is 0 Å². The van der Waals surface area contributed by atoms with Crippen LogP contribution in [0.4, 0.5) is 0 Å². The Hall–Kier alpha value is -3.51. The molecule has 9 heteroatoms. The van der Waals surface area contributed by atoms with Gasteiger partial charge >= 0.3 is 0 Å². The standard InChI is InChI=1S/C26H29N5O3S/c1-33-20-13-11-19(12-14-20)31-24(21-9-5-6-10-22(21)34-2)29-30-25(31)35-17-23(32)28-26(18-27)15-7-3-4-8-16-26/h5-6,9-14H,3-4,7-8,15-17H2,1-2H3,(H,28,32). The molecule has 1 aliphatic rings. The minimum atomic E-state index is -0.777. The molecule has 1 saturated carbocycles. The van der Waals surface area contributed by atoms with Gasteiger partial charge in [0.05, 0.1) is 37.3 Å². The third kappa shape index (κ3) is 5.60. The quantitative estimate of drug-likeness (QED) is 0.357. The Morgan fingerprint density at radius 1 is 1.06 bits per heavy atom. The SMILES string of the molecule is COc1ccc(-n2c(SCC(=O)NC3(C#N)CCCCCC3)nnc2-c2ccccc2OC)cc1. The molecule has 1 fully saturated rings. The largest absolute Gasteiger partial charge is 0.497 e. The van der Waals surface area contributed by atoms with Crippen LogP contribution in [0.1, 0.15) is 38.5 Å². The molecule has 3 aromatic rings. The highest BCUT2D eigenvalue weighted by Gasteiger charge is 2.32. The van der Waals surface area contributed by atoms with Crippen LogP contribution in [0, 0.1) is 11.3 Å². The van der Waals surface area contributed by atoms with Crippen molar-refractivity contribution in [2.45, 2.75) is 49.2 Å². The zero-order chi connectivity index (χ0) is 24.7. The normalized spacial score (nSPS) is 15.0. The summed E-state index contributed by atoms with van der Waals surface area (Å²) in [6.45, 7) is 0. The molecule has 0 spiro atoms. The van der Waals surface area contributed by atoms with Crippen molar-refractivity contribution in [3.8, 4) is 34.6 Å². The fourth-order valence-corrected chi connectivity index (χ4v) is 5.11. The van der Waals surface area contributed by atoms with Gasteiger partial charge in [0.25, 0.3) is 0 Å². The number of para-hydroxylation sites is 1. The number of methoxy groups -OCH3 is 2. The fourth-order valence-electron chi connectivity index (χ4n) is 4.36. The van der Waals surface area contributed by atoms with Crippen molar-refractivity contribution in [1.29, 1.82) is 5.26 Å². The lowest BCUT2D eigenvalue weighted by atomic mass is 9.92. The Morgan fingerprint density at radius 3 is 2.43 bits per heavy atom. The molecule has 4 rings (SSSR count). The van der Waals surface area contributed by atoms with Gasteiger partial charge in [0.15, 0.2) is 11.0 Å². The van der Waals surface area contributed by atoms with E-state index in [4.69, 9.17) is 9.47 Å². The number of hydrogen-bond acceptors (Lipinski definition) is 7. The molecule has 0 radical (unpaired) electrons. The molecular weight excluding hydrogens is 462 g/mol. The van der Waals surface area contributed by atoms with E-state index < -0.39 is 5.54 Å². The predicted octanol–water partition coefficient (Wildman–Crippen LogP) is 4.78. The van der Waals surface area contributed by atoms with Crippen LogP contribution in [0.3, 0.4) is 0 Å². The van der Waals surface area contributed by atoms with Gasteiger partial charge in [-0.25, -0.2) is 0 Å². The number of nitrogens with zero attached hydrogens (tertiary/aromatic N) is 4. The lowest BCUT2D eigenvalue weighted by Crippen LogP contribution is -2.47. The van der Waals surface area contributed by atoms with E-state index in [1.54, 1.807) is 14.2 Å². The minimum absolute atomic E-state index is 0.129. The van der Waals surface area contributed by atoms with Gasteiger partial charge in [-0.05, 0) is 49.2 Å². The number of carbonyl (C=O) groups excluding carboxylic acids is 1. The van der Waals surface area contributed by atoms with Gasteiger partial charge in [-0.2, -0.15) is 5.26 Å². The number of amides is 1. The maximum Gasteiger partial charge on any atom is 0.231 e. The maximum absolute atomic E-state index is 12.9. The molecule has 1 aliphatic carbocycles. The van der Waals surface area contributed by atoms with E-state index in [0.717, 1.165) is 42.7 Å². The molecule has 0 bridgehead atoms. The van der Waals surface area contributed by atoms with Crippen molar-refractivity contribution in [3.05, 3.63) is 48.5 Å². The molecule has 0 aliphatic heterocycles. The molecule has 1 heterocycles. The number of hydrogen-bond donors (Lipinski definition) is 1. The molecule has 8 nitrogen and oxygen atoms in total. The molecule has 1 aromatic heterocycles. The van der Waals surface area contributed by atoms with Gasteiger partial charge in [0.1, 0.15) is 17.0 Å². The lowest BCUT2D eigenvalue weighted by Gasteiger charge is -2.26. The highest BCUT2D eigenvalue weighted by atomic mass is 32.2. The second kappa shape index (κ2) is 11.3. The van der Waals surface area contributed by atoms with E-state index >= 15 is 0 Å². The first-order valence-electron chi connectivity index (χ1n) is 11.7. The summed E-state index contributed by atoms with van der Waals surface area (Å²) in [5, 5.41) is 22.2. The van der Waals surface area contributed by atoms with Crippen LogP contribution in [0.5, 0.6) is 11.5 Å². The molecule has 0 atom stereocenters. The third-order valence-electron chi connectivity index (χ3n) is 6.19. The van der Waals surface area contributed by atoms with Gasteiger partial charge in [-0.3, -0.25) is 9.36 Å². The summed E-state index contributed by atoms with van der Waals surface area (Å²) in [7, 11) is 3.24. The maximum atomic E-state index is 12.9. The summed E-state index contributed by atoms with van der Waals surface area (Å²) >= 11 is 1.29. The number of benzene rings is 2. The number of nitriles is 1. The summed E-state index contributed by atoms with van der Waals surface area (Å²) in [5.41, 5.74) is 0.841. The molecular formula is C26H29N5O3S. The topological polar surface area (TPSA) is 102 Å². The summed E-state index contributed by atoms with van der Waals surface area (Å²) in [4.78, 5) is 12.9. The summed E-state index contributed by atoms with van der Waals surface area (Å²) < 4.78 is 12.8. The van der Waals surface area contributed by atoms with E-state index in [-0.39, 0.29) is 11.7 Å². The lowest BCUT2D eigenvalue weighted by molar-refractivity contribution is -0.120. The number of ether oxygens (including phenoxy) is 2. The number of carbonyl (C=O) groups is 1. The van der Waals surface area contributed by atoms with Crippen LogP contribution < -0.4 is 14.8 Å². The second-order valence-corrected chi connectivity index (χ2v) is 9.43. The first kappa shape index (κ1) is 24.6. The number of nitrogens with one attached hydrogen (secondary N) is 1. The van der Waals surface area contributed by atoms with Gasteiger partial charge < -0.3 is 14.8 Å². The Kier molecular flexibility index (Phi) is 7.93. The smallest absolute Gasteiger partial charge is 0.231 e. The van der Waals surface area contributed by atoms with E-state index in [9.17, 15) is 10.1 Å². The third-order valence-corrected chi connectivity index (χ3v) is 7.12. The second-order valence-electron chi connectivity index (χ2n) is 8.48. The molecule has 1 N–H and O–H groups in total. The average Bonchev–Trinajstić information content (AvgIpc) is 3.18. The van der Waals surface area contributed by atoms with Gasteiger partial charge in [0.2, 0.25) is 5.91 Å². The molecule has 182 valence electrons. The van der Waals surface area contributed by atoms with Crippen LogP contribution in [0.2, 0.25) is 0 Å². The first-order valence-corrected chi connectivity index (χ1v) is 12.7. The van der Waals surface area contributed by atoms with E-state index in [1.807, 2.05) is 53.1 Å². The molecule has 35 heavy (non-hydrogen) atoms. The van der Waals surface area contributed by atoms with Crippen molar-refractivity contribution in [2.24, 2.45) is 0 Å². The van der Waals surface area contributed by atoms with Crippen LogP contribution >= 0.6 is 11.8 Å². The zero-order valence-electron chi connectivity index (χ0n) is 20.0. The van der Waals surface area contributed by atoms with Crippen molar-refractivity contribution >= 4 is 17.7 Å². The van der Waals surface area contributed by atoms with Gasteiger partial charge in [-0.1, -0.05) is 49.6 Å². The van der Waals surface area contributed by atoms with Crippen LogP contribution in [0.25, 0.3) is 17.1 Å².